The fourth-order valence-electron chi connectivity index (χ4n) is 3.05. The predicted octanol–water partition coefficient (Wildman–Crippen LogP) is 2.96. The van der Waals surface area contributed by atoms with Crippen LogP contribution in [0.3, 0.4) is 0 Å². The molecule has 1 aliphatic rings. The van der Waals surface area contributed by atoms with Gasteiger partial charge in [-0.1, -0.05) is 24.3 Å². The Hall–Kier alpha value is -2.33. The van der Waals surface area contributed by atoms with Crippen LogP contribution in [0.15, 0.2) is 48.5 Å². The molecule has 3 rings (SSSR count). The summed E-state index contributed by atoms with van der Waals surface area (Å²) in [5, 5.41) is 0. The van der Waals surface area contributed by atoms with Crippen LogP contribution >= 0.6 is 0 Å². The first-order chi connectivity index (χ1) is 11.7. The molecule has 24 heavy (non-hydrogen) atoms. The Morgan fingerprint density at radius 1 is 1.00 bits per heavy atom. The van der Waals surface area contributed by atoms with E-state index < -0.39 is 0 Å². The van der Waals surface area contributed by atoms with Crippen LogP contribution in [0.25, 0.3) is 0 Å². The number of hydrogen-bond donors (Lipinski definition) is 0. The lowest BCUT2D eigenvalue weighted by Crippen LogP contribution is -2.48. The fourth-order valence-corrected chi connectivity index (χ4v) is 3.05. The molecule has 4 heteroatoms. The Kier molecular flexibility index (Phi) is 5.16. The molecule has 0 aromatic heterocycles. The summed E-state index contributed by atoms with van der Waals surface area (Å²) in [5.41, 5.74) is 3.42. The van der Waals surface area contributed by atoms with Gasteiger partial charge in [-0.3, -0.25) is 9.69 Å². The van der Waals surface area contributed by atoms with E-state index in [1.54, 1.807) is 7.11 Å². The zero-order valence-corrected chi connectivity index (χ0v) is 14.4. The molecule has 1 heterocycles. The first-order valence-corrected chi connectivity index (χ1v) is 8.37. The zero-order chi connectivity index (χ0) is 16.9. The molecule has 0 spiro atoms. The second-order valence-electron chi connectivity index (χ2n) is 6.22. The SMILES string of the molecule is COc1ccc(C(=O)N2CCN(Cc3ccccc3C)CC2)cc1. The van der Waals surface area contributed by atoms with Crippen molar-refractivity contribution in [1.29, 1.82) is 0 Å². The highest BCUT2D eigenvalue weighted by Gasteiger charge is 2.22. The van der Waals surface area contributed by atoms with Crippen LogP contribution in [0.1, 0.15) is 21.5 Å². The van der Waals surface area contributed by atoms with Gasteiger partial charge >= 0.3 is 0 Å². The van der Waals surface area contributed by atoms with Gasteiger partial charge in [0, 0.05) is 38.3 Å². The van der Waals surface area contributed by atoms with Gasteiger partial charge in [0.05, 0.1) is 7.11 Å². The van der Waals surface area contributed by atoms with E-state index in [4.69, 9.17) is 4.74 Å². The van der Waals surface area contributed by atoms with Gasteiger partial charge in [0.15, 0.2) is 0 Å². The number of carbonyl (C=O) groups is 1. The van der Waals surface area contributed by atoms with Crippen molar-refractivity contribution >= 4 is 5.91 Å². The summed E-state index contributed by atoms with van der Waals surface area (Å²) < 4.78 is 5.14. The normalized spacial score (nSPS) is 15.3. The van der Waals surface area contributed by atoms with Gasteiger partial charge in [-0.15, -0.1) is 0 Å². The molecule has 1 fully saturated rings. The number of methoxy groups -OCH3 is 1. The Morgan fingerprint density at radius 2 is 1.67 bits per heavy atom. The second-order valence-corrected chi connectivity index (χ2v) is 6.22. The number of nitrogens with zero attached hydrogens (tertiary/aromatic N) is 2. The molecular formula is C20H24N2O2. The molecule has 4 nitrogen and oxygen atoms in total. The molecule has 0 aliphatic carbocycles. The average molecular weight is 324 g/mol. The topological polar surface area (TPSA) is 32.8 Å². The molecule has 2 aromatic carbocycles. The van der Waals surface area contributed by atoms with E-state index in [0.717, 1.165) is 44.0 Å². The van der Waals surface area contributed by atoms with Crippen molar-refractivity contribution in [3.05, 3.63) is 65.2 Å². The van der Waals surface area contributed by atoms with Crippen LogP contribution in [0.2, 0.25) is 0 Å². The Morgan fingerprint density at radius 3 is 2.29 bits per heavy atom. The van der Waals surface area contributed by atoms with Gasteiger partial charge in [0.25, 0.3) is 5.91 Å². The summed E-state index contributed by atoms with van der Waals surface area (Å²) >= 11 is 0. The van der Waals surface area contributed by atoms with Crippen LogP contribution in [0.4, 0.5) is 0 Å². The van der Waals surface area contributed by atoms with Crippen molar-refractivity contribution in [3.8, 4) is 5.75 Å². The second kappa shape index (κ2) is 7.49. The molecular weight excluding hydrogens is 300 g/mol. The first-order valence-electron chi connectivity index (χ1n) is 8.37. The van der Waals surface area contributed by atoms with Crippen molar-refractivity contribution in [1.82, 2.24) is 9.80 Å². The third-order valence-corrected chi connectivity index (χ3v) is 4.65. The van der Waals surface area contributed by atoms with Gasteiger partial charge in [-0.05, 0) is 42.3 Å². The van der Waals surface area contributed by atoms with Gasteiger partial charge in [-0.25, -0.2) is 0 Å². The lowest BCUT2D eigenvalue weighted by atomic mass is 10.1. The van der Waals surface area contributed by atoms with Crippen molar-refractivity contribution in [2.45, 2.75) is 13.5 Å². The lowest BCUT2D eigenvalue weighted by molar-refractivity contribution is 0.0628. The Labute approximate surface area is 143 Å². The predicted molar refractivity (Wildman–Crippen MR) is 95.4 cm³/mol. The third kappa shape index (κ3) is 3.77. The highest BCUT2D eigenvalue weighted by molar-refractivity contribution is 5.94. The number of benzene rings is 2. The standard InChI is InChI=1S/C20H24N2O2/c1-16-5-3-4-6-18(16)15-21-11-13-22(14-12-21)20(23)17-7-9-19(24-2)10-8-17/h3-10H,11-15H2,1-2H3. The highest BCUT2D eigenvalue weighted by atomic mass is 16.5. The number of rotatable bonds is 4. The molecule has 126 valence electrons. The van der Waals surface area contributed by atoms with Crippen molar-refractivity contribution in [3.63, 3.8) is 0 Å². The Bertz CT molecular complexity index is 689. The summed E-state index contributed by atoms with van der Waals surface area (Å²) in [6.07, 6.45) is 0. The van der Waals surface area contributed by atoms with E-state index in [0.29, 0.717) is 0 Å². The van der Waals surface area contributed by atoms with E-state index in [9.17, 15) is 4.79 Å². The smallest absolute Gasteiger partial charge is 0.253 e. The summed E-state index contributed by atoms with van der Waals surface area (Å²) in [6.45, 7) is 6.48. The molecule has 0 saturated carbocycles. The average Bonchev–Trinajstić information content (AvgIpc) is 2.64. The number of carbonyl (C=O) groups excluding carboxylic acids is 1. The molecule has 2 aromatic rings. The van der Waals surface area contributed by atoms with E-state index in [1.807, 2.05) is 29.2 Å². The monoisotopic (exact) mass is 324 g/mol. The zero-order valence-electron chi connectivity index (χ0n) is 14.4. The number of aryl methyl sites for hydroxylation is 1. The minimum Gasteiger partial charge on any atom is -0.497 e. The fraction of sp³-hybridized carbons (Fsp3) is 0.350. The van der Waals surface area contributed by atoms with E-state index in [-0.39, 0.29) is 5.91 Å². The van der Waals surface area contributed by atoms with Crippen LogP contribution in [0.5, 0.6) is 5.75 Å². The Balaban J connectivity index is 1.56. The highest BCUT2D eigenvalue weighted by Crippen LogP contribution is 2.16. The van der Waals surface area contributed by atoms with Crippen molar-refractivity contribution in [2.75, 3.05) is 33.3 Å². The number of ether oxygens (including phenoxy) is 1. The molecule has 0 bridgehead atoms. The van der Waals surface area contributed by atoms with Crippen LogP contribution in [-0.4, -0.2) is 49.0 Å². The van der Waals surface area contributed by atoms with Crippen LogP contribution in [0, 0.1) is 6.92 Å². The van der Waals surface area contributed by atoms with Gasteiger partial charge in [0.2, 0.25) is 0 Å². The molecule has 0 radical (unpaired) electrons. The van der Waals surface area contributed by atoms with Crippen molar-refractivity contribution < 1.29 is 9.53 Å². The largest absolute Gasteiger partial charge is 0.497 e. The van der Waals surface area contributed by atoms with Crippen LogP contribution in [-0.2, 0) is 6.54 Å². The minimum atomic E-state index is 0.105. The lowest BCUT2D eigenvalue weighted by Gasteiger charge is -2.35. The first kappa shape index (κ1) is 16.5. The molecule has 1 saturated heterocycles. The molecule has 1 amide bonds. The van der Waals surface area contributed by atoms with Gasteiger partial charge in [-0.2, -0.15) is 0 Å². The molecule has 1 aliphatic heterocycles. The summed E-state index contributed by atoms with van der Waals surface area (Å²) in [4.78, 5) is 16.9. The summed E-state index contributed by atoms with van der Waals surface area (Å²) in [5.74, 6) is 0.878. The van der Waals surface area contributed by atoms with Crippen molar-refractivity contribution in [2.24, 2.45) is 0 Å². The quantitative estimate of drug-likeness (QED) is 0.867. The molecule has 0 atom stereocenters. The number of piperazine rings is 1. The van der Waals surface area contributed by atoms with Gasteiger partial charge in [0.1, 0.15) is 5.75 Å². The third-order valence-electron chi connectivity index (χ3n) is 4.65. The molecule has 0 N–H and O–H groups in total. The van der Waals surface area contributed by atoms with Crippen LogP contribution < -0.4 is 4.74 Å². The van der Waals surface area contributed by atoms with Gasteiger partial charge < -0.3 is 9.64 Å². The maximum absolute atomic E-state index is 12.6. The molecule has 0 unspecified atom stereocenters. The minimum absolute atomic E-state index is 0.105. The summed E-state index contributed by atoms with van der Waals surface area (Å²) in [6, 6.07) is 15.8. The number of amides is 1. The maximum Gasteiger partial charge on any atom is 0.253 e. The summed E-state index contributed by atoms with van der Waals surface area (Å²) in [7, 11) is 1.63. The van der Waals surface area contributed by atoms with E-state index >= 15 is 0 Å². The van der Waals surface area contributed by atoms with E-state index in [1.165, 1.54) is 11.1 Å². The maximum atomic E-state index is 12.6. The number of hydrogen-bond acceptors (Lipinski definition) is 3. The van der Waals surface area contributed by atoms with E-state index in [2.05, 4.69) is 36.1 Å².